The molecule has 0 unspecified atom stereocenters. The van der Waals surface area contributed by atoms with Gasteiger partial charge in [-0.2, -0.15) is 4.31 Å². The average Bonchev–Trinajstić information content (AvgIpc) is 2.75. The smallest absolute Gasteiger partial charge is 0.407 e. The molecular weight excluding hydrogens is 420 g/mol. The molecule has 1 amide bonds. The number of nitrogens with one attached hydrogen (secondary N) is 1. The number of rotatable bonds is 9. The summed E-state index contributed by atoms with van der Waals surface area (Å²) in [6, 6.07) is 13.2. The summed E-state index contributed by atoms with van der Waals surface area (Å²) in [5.41, 5.74) is 3.07. The van der Waals surface area contributed by atoms with Gasteiger partial charge >= 0.3 is 6.09 Å². The second kappa shape index (κ2) is 10.5. The third-order valence-corrected chi connectivity index (χ3v) is 6.13. The van der Waals surface area contributed by atoms with Gasteiger partial charge in [0.15, 0.2) is 0 Å². The molecule has 0 fully saturated rings. The minimum atomic E-state index is -3.17. The summed E-state index contributed by atoms with van der Waals surface area (Å²) < 4.78 is 41.2. The summed E-state index contributed by atoms with van der Waals surface area (Å²) in [5, 5.41) is 2.67. The summed E-state index contributed by atoms with van der Waals surface area (Å²) in [4.78, 5) is 11.3. The number of hydrogen-bond donors (Lipinski definition) is 1. The van der Waals surface area contributed by atoms with Crippen LogP contribution in [-0.4, -0.2) is 51.4 Å². The molecule has 2 aromatic rings. The number of carbonyl (C=O) groups is 1. The van der Waals surface area contributed by atoms with Gasteiger partial charge in [0.05, 0.1) is 12.9 Å². The molecule has 9 heteroatoms. The van der Waals surface area contributed by atoms with E-state index in [0.29, 0.717) is 45.9 Å². The van der Waals surface area contributed by atoms with Crippen molar-refractivity contribution < 1.29 is 27.4 Å². The lowest BCUT2D eigenvalue weighted by molar-refractivity contribution is 0.151. The zero-order chi connectivity index (χ0) is 22.3. The molecular formula is C22H28N2O6S. The molecule has 0 saturated carbocycles. The molecule has 0 bridgehead atoms. The van der Waals surface area contributed by atoms with Gasteiger partial charge in [0.2, 0.25) is 10.0 Å². The zero-order valence-corrected chi connectivity index (χ0v) is 18.6. The van der Waals surface area contributed by atoms with Gasteiger partial charge in [-0.05, 0) is 54.3 Å². The molecule has 1 N–H and O–H groups in total. The number of carbonyl (C=O) groups excluding carboxylic acids is 1. The fourth-order valence-corrected chi connectivity index (χ4v) is 4.05. The summed E-state index contributed by atoms with van der Waals surface area (Å²) in [5.74, 6) is 1.46. The standard InChI is InChI=1S/C22H28N2O6S/c1-3-28-22(25)23-15-17-4-7-20(8-5-17)29-12-13-30-21-9-6-19-16-24(31(2,26)27)11-10-18(19)14-21/h4-9,14H,3,10-13,15-16H2,1-2H3,(H,23,25). The highest BCUT2D eigenvalue weighted by Crippen LogP contribution is 2.25. The third kappa shape index (κ3) is 6.86. The first-order valence-electron chi connectivity index (χ1n) is 10.2. The van der Waals surface area contributed by atoms with Crippen LogP contribution in [0.1, 0.15) is 23.6 Å². The summed E-state index contributed by atoms with van der Waals surface area (Å²) in [6.07, 6.45) is 1.48. The maximum Gasteiger partial charge on any atom is 0.407 e. The fourth-order valence-electron chi connectivity index (χ4n) is 3.26. The van der Waals surface area contributed by atoms with Crippen LogP contribution in [0.15, 0.2) is 42.5 Å². The Balaban J connectivity index is 1.41. The van der Waals surface area contributed by atoms with E-state index < -0.39 is 16.1 Å². The average molecular weight is 449 g/mol. The summed E-state index contributed by atoms with van der Waals surface area (Å²) in [6.45, 7) is 4.16. The van der Waals surface area contributed by atoms with Crippen molar-refractivity contribution in [3.8, 4) is 11.5 Å². The van der Waals surface area contributed by atoms with E-state index in [-0.39, 0.29) is 0 Å². The van der Waals surface area contributed by atoms with Gasteiger partial charge < -0.3 is 19.5 Å². The van der Waals surface area contributed by atoms with Gasteiger partial charge in [-0.1, -0.05) is 18.2 Å². The largest absolute Gasteiger partial charge is 0.490 e. The summed E-state index contributed by atoms with van der Waals surface area (Å²) >= 11 is 0. The molecule has 1 aliphatic heterocycles. The molecule has 168 valence electrons. The Bertz CT molecular complexity index is 992. The van der Waals surface area contributed by atoms with Gasteiger partial charge in [0.25, 0.3) is 0 Å². The maximum absolute atomic E-state index is 11.7. The van der Waals surface area contributed by atoms with Crippen molar-refractivity contribution in [2.45, 2.75) is 26.4 Å². The first kappa shape index (κ1) is 22.9. The van der Waals surface area contributed by atoms with Gasteiger partial charge in [0, 0.05) is 19.6 Å². The van der Waals surface area contributed by atoms with E-state index in [2.05, 4.69) is 5.32 Å². The Hall–Kier alpha value is -2.78. The van der Waals surface area contributed by atoms with Crippen molar-refractivity contribution in [2.75, 3.05) is 32.6 Å². The van der Waals surface area contributed by atoms with Crippen LogP contribution < -0.4 is 14.8 Å². The van der Waals surface area contributed by atoms with Crippen LogP contribution in [-0.2, 0) is 34.3 Å². The number of benzene rings is 2. The Morgan fingerprint density at radius 2 is 1.71 bits per heavy atom. The molecule has 0 spiro atoms. The van der Waals surface area contributed by atoms with Crippen molar-refractivity contribution in [2.24, 2.45) is 0 Å². The summed E-state index contributed by atoms with van der Waals surface area (Å²) in [7, 11) is -3.17. The van der Waals surface area contributed by atoms with E-state index in [0.717, 1.165) is 28.2 Å². The van der Waals surface area contributed by atoms with Crippen molar-refractivity contribution in [1.29, 1.82) is 0 Å². The Labute approximate surface area is 183 Å². The lowest BCUT2D eigenvalue weighted by Crippen LogP contribution is -2.35. The predicted octanol–water partition coefficient (Wildman–Crippen LogP) is 2.71. The van der Waals surface area contributed by atoms with Crippen LogP contribution in [0.4, 0.5) is 4.79 Å². The number of nitrogens with zero attached hydrogens (tertiary/aromatic N) is 1. The van der Waals surface area contributed by atoms with Gasteiger partial charge in [-0.15, -0.1) is 0 Å². The molecule has 0 aliphatic carbocycles. The number of sulfonamides is 1. The zero-order valence-electron chi connectivity index (χ0n) is 17.8. The molecule has 2 aromatic carbocycles. The van der Waals surface area contributed by atoms with Crippen LogP contribution >= 0.6 is 0 Å². The van der Waals surface area contributed by atoms with Crippen LogP contribution in [0, 0.1) is 0 Å². The highest BCUT2D eigenvalue weighted by atomic mass is 32.2. The number of amides is 1. The van der Waals surface area contributed by atoms with E-state index >= 15 is 0 Å². The quantitative estimate of drug-likeness (QED) is 0.593. The number of fused-ring (bicyclic) bond motifs is 1. The minimum absolute atomic E-state index is 0.341. The van der Waals surface area contributed by atoms with E-state index in [9.17, 15) is 13.2 Å². The molecule has 0 atom stereocenters. The van der Waals surface area contributed by atoms with E-state index in [1.807, 2.05) is 42.5 Å². The third-order valence-electron chi connectivity index (χ3n) is 4.88. The molecule has 1 heterocycles. The topological polar surface area (TPSA) is 94.2 Å². The SMILES string of the molecule is CCOC(=O)NCc1ccc(OCCOc2ccc3c(c2)CCN(S(C)(=O)=O)C3)cc1. The Morgan fingerprint density at radius 1 is 1.03 bits per heavy atom. The monoisotopic (exact) mass is 448 g/mol. The number of alkyl carbamates (subject to hydrolysis) is 1. The van der Waals surface area contributed by atoms with E-state index in [4.69, 9.17) is 14.2 Å². The van der Waals surface area contributed by atoms with Crippen LogP contribution in [0.2, 0.25) is 0 Å². The van der Waals surface area contributed by atoms with Gasteiger partial charge in [-0.25, -0.2) is 13.2 Å². The predicted molar refractivity (Wildman–Crippen MR) is 117 cm³/mol. The number of ether oxygens (including phenoxy) is 3. The lowest BCUT2D eigenvalue weighted by atomic mass is 10.0. The highest BCUT2D eigenvalue weighted by molar-refractivity contribution is 7.88. The molecule has 0 saturated heterocycles. The van der Waals surface area contributed by atoms with Crippen LogP contribution in [0.5, 0.6) is 11.5 Å². The first-order chi connectivity index (χ1) is 14.8. The second-order valence-electron chi connectivity index (χ2n) is 7.19. The van der Waals surface area contributed by atoms with Crippen molar-refractivity contribution in [3.63, 3.8) is 0 Å². The normalized spacial score (nSPS) is 13.9. The molecule has 1 aliphatic rings. The molecule has 31 heavy (non-hydrogen) atoms. The van der Waals surface area contributed by atoms with Crippen molar-refractivity contribution >= 4 is 16.1 Å². The Morgan fingerprint density at radius 3 is 2.39 bits per heavy atom. The highest BCUT2D eigenvalue weighted by Gasteiger charge is 2.23. The minimum Gasteiger partial charge on any atom is -0.490 e. The van der Waals surface area contributed by atoms with E-state index in [1.54, 1.807) is 6.92 Å². The Kier molecular flexibility index (Phi) is 7.75. The molecule has 0 radical (unpaired) electrons. The van der Waals surface area contributed by atoms with Crippen molar-refractivity contribution in [1.82, 2.24) is 9.62 Å². The van der Waals surface area contributed by atoms with Crippen LogP contribution in [0.25, 0.3) is 0 Å². The first-order valence-corrected chi connectivity index (χ1v) is 12.0. The molecule has 3 rings (SSSR count). The van der Waals surface area contributed by atoms with Gasteiger partial charge in [0.1, 0.15) is 24.7 Å². The maximum atomic E-state index is 11.7. The van der Waals surface area contributed by atoms with Crippen LogP contribution in [0.3, 0.4) is 0 Å². The molecule has 0 aromatic heterocycles. The van der Waals surface area contributed by atoms with Gasteiger partial charge in [-0.3, -0.25) is 0 Å². The van der Waals surface area contributed by atoms with E-state index in [1.165, 1.54) is 10.6 Å². The lowest BCUT2D eigenvalue weighted by Gasteiger charge is -2.27. The fraction of sp³-hybridized carbons (Fsp3) is 0.409. The van der Waals surface area contributed by atoms with Crippen molar-refractivity contribution in [3.05, 3.63) is 59.2 Å². The second-order valence-corrected chi connectivity index (χ2v) is 9.17. The number of hydrogen-bond acceptors (Lipinski definition) is 6. The molecule has 8 nitrogen and oxygen atoms in total.